The second-order valence-corrected chi connectivity index (χ2v) is 6.09. The smallest absolute Gasteiger partial charge is 0.419 e. The molecule has 0 saturated carbocycles. The Morgan fingerprint density at radius 1 is 1.07 bits per heavy atom. The van der Waals surface area contributed by atoms with Gasteiger partial charge in [-0.15, -0.1) is 0 Å². The zero-order valence-electron chi connectivity index (χ0n) is 15.3. The quantitative estimate of drug-likeness (QED) is 0.605. The monoisotopic (exact) mass is 398 g/mol. The second-order valence-electron chi connectivity index (χ2n) is 6.09. The summed E-state index contributed by atoms with van der Waals surface area (Å²) in [5, 5.41) is 4.48. The minimum absolute atomic E-state index is 0.352. The standard InChI is InChI=1S/C19H18F4N2O3/c1-10-4-7-16(28-3)13(8-10)11(2)24-17(26)18(27)25-12-5-6-15(20)14(9-12)19(21,22)23/h4-9,11H,1-3H3,(H,24,26)(H,25,27)/t11-/m0/s1. The number of hydrogen-bond acceptors (Lipinski definition) is 3. The predicted octanol–water partition coefficient (Wildman–Crippen LogP) is 3.98. The lowest BCUT2D eigenvalue weighted by Crippen LogP contribution is -2.37. The van der Waals surface area contributed by atoms with Crippen molar-refractivity contribution in [2.75, 3.05) is 12.4 Å². The van der Waals surface area contributed by atoms with Gasteiger partial charge in [0.05, 0.1) is 18.7 Å². The van der Waals surface area contributed by atoms with Crippen molar-refractivity contribution in [3.05, 3.63) is 58.9 Å². The van der Waals surface area contributed by atoms with Crippen LogP contribution in [0, 0.1) is 12.7 Å². The summed E-state index contributed by atoms with van der Waals surface area (Å²) in [7, 11) is 1.46. The van der Waals surface area contributed by atoms with Crippen LogP contribution in [0.1, 0.15) is 29.7 Å². The molecule has 2 amide bonds. The van der Waals surface area contributed by atoms with Gasteiger partial charge in [0.2, 0.25) is 0 Å². The Morgan fingerprint density at radius 2 is 1.75 bits per heavy atom. The van der Waals surface area contributed by atoms with Crippen LogP contribution in [0.3, 0.4) is 0 Å². The molecule has 5 nitrogen and oxygen atoms in total. The molecule has 0 radical (unpaired) electrons. The molecular formula is C19H18F4N2O3. The van der Waals surface area contributed by atoms with Crippen LogP contribution in [-0.2, 0) is 15.8 Å². The highest BCUT2D eigenvalue weighted by Crippen LogP contribution is 2.33. The number of alkyl halides is 3. The number of benzene rings is 2. The molecule has 2 aromatic carbocycles. The van der Waals surface area contributed by atoms with Crippen LogP contribution >= 0.6 is 0 Å². The van der Waals surface area contributed by atoms with E-state index in [0.29, 0.717) is 23.4 Å². The Balaban J connectivity index is 2.12. The summed E-state index contributed by atoms with van der Waals surface area (Å²) in [4.78, 5) is 24.1. The molecule has 0 aliphatic carbocycles. The van der Waals surface area contributed by atoms with E-state index in [1.54, 1.807) is 19.1 Å². The highest BCUT2D eigenvalue weighted by Gasteiger charge is 2.34. The minimum Gasteiger partial charge on any atom is -0.496 e. The van der Waals surface area contributed by atoms with Crippen molar-refractivity contribution in [1.82, 2.24) is 5.32 Å². The number of anilines is 1. The third kappa shape index (κ3) is 4.99. The molecule has 9 heteroatoms. The zero-order chi connectivity index (χ0) is 21.1. The first-order chi connectivity index (χ1) is 13.0. The summed E-state index contributed by atoms with van der Waals surface area (Å²) in [6, 6.07) is 6.62. The van der Waals surface area contributed by atoms with E-state index in [4.69, 9.17) is 4.74 Å². The number of ether oxygens (including phenoxy) is 1. The van der Waals surface area contributed by atoms with Crippen molar-refractivity contribution in [3.8, 4) is 5.75 Å². The topological polar surface area (TPSA) is 67.4 Å². The van der Waals surface area contributed by atoms with Gasteiger partial charge in [0.1, 0.15) is 11.6 Å². The average Bonchev–Trinajstić information content (AvgIpc) is 2.62. The predicted molar refractivity (Wildman–Crippen MR) is 94.3 cm³/mol. The molecule has 0 spiro atoms. The molecule has 2 rings (SSSR count). The number of methoxy groups -OCH3 is 1. The highest BCUT2D eigenvalue weighted by atomic mass is 19.4. The zero-order valence-corrected chi connectivity index (χ0v) is 15.3. The van der Waals surface area contributed by atoms with Crippen LogP contribution in [0.4, 0.5) is 23.2 Å². The van der Waals surface area contributed by atoms with Gasteiger partial charge in [-0.05, 0) is 38.1 Å². The molecular weight excluding hydrogens is 380 g/mol. The van der Waals surface area contributed by atoms with Crippen LogP contribution in [0.2, 0.25) is 0 Å². The second kappa shape index (κ2) is 8.28. The fourth-order valence-electron chi connectivity index (χ4n) is 2.54. The molecule has 0 saturated heterocycles. The molecule has 0 aromatic heterocycles. The molecule has 2 N–H and O–H groups in total. The van der Waals surface area contributed by atoms with Crippen LogP contribution in [0.15, 0.2) is 36.4 Å². The van der Waals surface area contributed by atoms with Crippen molar-refractivity contribution in [3.63, 3.8) is 0 Å². The van der Waals surface area contributed by atoms with Crippen LogP contribution in [0.5, 0.6) is 5.75 Å². The first kappa shape index (κ1) is 21.2. The number of nitrogens with one attached hydrogen (secondary N) is 2. The lowest BCUT2D eigenvalue weighted by Gasteiger charge is -2.18. The van der Waals surface area contributed by atoms with Crippen LogP contribution in [0.25, 0.3) is 0 Å². The van der Waals surface area contributed by atoms with Crippen molar-refractivity contribution in [1.29, 1.82) is 0 Å². The van der Waals surface area contributed by atoms with Crippen molar-refractivity contribution in [2.45, 2.75) is 26.1 Å². The molecule has 0 aliphatic rings. The summed E-state index contributed by atoms with van der Waals surface area (Å²) in [5.74, 6) is -3.21. The Hall–Kier alpha value is -3.10. The maximum atomic E-state index is 13.3. The lowest BCUT2D eigenvalue weighted by molar-refractivity contribution is -0.140. The number of carbonyl (C=O) groups is 2. The van der Waals surface area contributed by atoms with E-state index < -0.39 is 35.4 Å². The van der Waals surface area contributed by atoms with Gasteiger partial charge in [-0.1, -0.05) is 17.7 Å². The summed E-state index contributed by atoms with van der Waals surface area (Å²) in [6.45, 7) is 3.47. The van der Waals surface area contributed by atoms with Gasteiger partial charge in [-0.3, -0.25) is 9.59 Å². The molecule has 0 heterocycles. The minimum atomic E-state index is -4.93. The first-order valence-corrected chi connectivity index (χ1v) is 8.16. The number of halogens is 4. The van der Waals surface area contributed by atoms with Crippen LogP contribution < -0.4 is 15.4 Å². The van der Waals surface area contributed by atoms with Gasteiger partial charge in [-0.25, -0.2) is 4.39 Å². The van der Waals surface area contributed by atoms with E-state index in [2.05, 4.69) is 5.32 Å². The lowest BCUT2D eigenvalue weighted by atomic mass is 10.0. The van der Waals surface area contributed by atoms with Gasteiger partial charge < -0.3 is 15.4 Å². The molecule has 0 fully saturated rings. The molecule has 0 bridgehead atoms. The number of aryl methyl sites for hydroxylation is 1. The summed E-state index contributed by atoms with van der Waals surface area (Å²) in [5.41, 5.74) is -0.352. The van der Waals surface area contributed by atoms with E-state index in [1.807, 2.05) is 18.3 Å². The number of rotatable bonds is 4. The van der Waals surface area contributed by atoms with E-state index in [0.717, 1.165) is 11.6 Å². The Bertz CT molecular complexity index is 897. The van der Waals surface area contributed by atoms with E-state index in [-0.39, 0.29) is 5.69 Å². The SMILES string of the molecule is COc1ccc(C)cc1[C@H](C)NC(=O)C(=O)Nc1ccc(F)c(C(F)(F)F)c1. The number of hydrogen-bond donors (Lipinski definition) is 2. The van der Waals surface area contributed by atoms with Gasteiger partial charge in [0.25, 0.3) is 0 Å². The molecule has 0 unspecified atom stereocenters. The van der Waals surface area contributed by atoms with Gasteiger partial charge in [-0.2, -0.15) is 13.2 Å². The average molecular weight is 398 g/mol. The van der Waals surface area contributed by atoms with Crippen molar-refractivity contribution < 1.29 is 31.9 Å². The fraction of sp³-hybridized carbons (Fsp3) is 0.263. The maximum Gasteiger partial charge on any atom is 0.419 e. The van der Waals surface area contributed by atoms with E-state index in [9.17, 15) is 27.2 Å². The van der Waals surface area contributed by atoms with Gasteiger partial charge in [0.15, 0.2) is 0 Å². The maximum absolute atomic E-state index is 13.3. The normalized spacial score (nSPS) is 12.2. The summed E-state index contributed by atoms with van der Waals surface area (Å²) in [6.07, 6.45) is -4.93. The third-order valence-corrected chi connectivity index (χ3v) is 3.94. The molecule has 150 valence electrons. The summed E-state index contributed by atoms with van der Waals surface area (Å²) >= 11 is 0. The molecule has 1 atom stereocenters. The molecule has 0 aliphatic heterocycles. The Labute approximate surface area is 158 Å². The number of carbonyl (C=O) groups excluding carboxylic acids is 2. The van der Waals surface area contributed by atoms with Gasteiger partial charge in [0, 0.05) is 11.3 Å². The number of amides is 2. The van der Waals surface area contributed by atoms with Gasteiger partial charge >= 0.3 is 18.0 Å². The largest absolute Gasteiger partial charge is 0.496 e. The summed E-state index contributed by atoms with van der Waals surface area (Å²) < 4.78 is 56.8. The first-order valence-electron chi connectivity index (χ1n) is 8.16. The van der Waals surface area contributed by atoms with Crippen LogP contribution in [-0.4, -0.2) is 18.9 Å². The molecule has 28 heavy (non-hydrogen) atoms. The highest BCUT2D eigenvalue weighted by molar-refractivity contribution is 6.39. The fourth-order valence-corrected chi connectivity index (χ4v) is 2.54. The van der Waals surface area contributed by atoms with E-state index >= 15 is 0 Å². The third-order valence-electron chi connectivity index (χ3n) is 3.94. The Kier molecular flexibility index (Phi) is 6.27. The van der Waals surface area contributed by atoms with Crippen molar-refractivity contribution >= 4 is 17.5 Å². The van der Waals surface area contributed by atoms with E-state index in [1.165, 1.54) is 7.11 Å². The molecule has 2 aromatic rings. The Morgan fingerprint density at radius 3 is 2.36 bits per heavy atom. The van der Waals surface area contributed by atoms with Crippen molar-refractivity contribution in [2.24, 2.45) is 0 Å².